The summed E-state index contributed by atoms with van der Waals surface area (Å²) in [6.45, 7) is 3.66. The number of carbonyl (C=O) groups is 1. The van der Waals surface area contributed by atoms with Crippen molar-refractivity contribution in [3.8, 4) is 0 Å². The van der Waals surface area contributed by atoms with Crippen LogP contribution in [0.5, 0.6) is 0 Å². The number of amides is 1. The van der Waals surface area contributed by atoms with Crippen molar-refractivity contribution >= 4 is 27.5 Å². The first-order valence-corrected chi connectivity index (χ1v) is 5.82. The Hall–Kier alpha value is -1.69. The van der Waals surface area contributed by atoms with Gasteiger partial charge in [-0.25, -0.2) is 4.98 Å². The number of hydrogen-bond donors (Lipinski definition) is 2. The van der Waals surface area contributed by atoms with Crippen molar-refractivity contribution in [2.75, 3.05) is 5.32 Å². The predicted octanol–water partition coefficient (Wildman–Crippen LogP) is 2.44. The van der Waals surface area contributed by atoms with Gasteiger partial charge in [0.2, 0.25) is 5.82 Å². The number of aromatic nitrogens is 3. The summed E-state index contributed by atoms with van der Waals surface area (Å²) in [5.41, 5.74) is 1.72. The van der Waals surface area contributed by atoms with Crippen LogP contribution in [-0.4, -0.2) is 21.1 Å². The lowest BCUT2D eigenvalue weighted by molar-refractivity contribution is 0.101. The number of aryl methyl sites for hydroxylation is 2. The normalized spacial score (nSPS) is 10.3. The molecule has 88 valence electrons. The molecule has 0 bridgehead atoms. The molecule has 2 aromatic rings. The molecule has 17 heavy (non-hydrogen) atoms. The van der Waals surface area contributed by atoms with E-state index in [4.69, 9.17) is 0 Å². The lowest BCUT2D eigenvalue weighted by atomic mass is 10.2. The number of aromatic amines is 1. The second-order valence-electron chi connectivity index (χ2n) is 3.66. The standard InChI is InChI=1S/C11H11BrN4O/c1-6-5-8(12)3-4-9(6)14-11(17)10-13-7(2)15-16-10/h3-5H,1-2H3,(H,14,17)(H,13,15,16). The van der Waals surface area contributed by atoms with E-state index >= 15 is 0 Å². The van der Waals surface area contributed by atoms with Crippen LogP contribution in [0.4, 0.5) is 5.69 Å². The average molecular weight is 295 g/mol. The summed E-state index contributed by atoms with van der Waals surface area (Å²) in [5.74, 6) is 0.437. The predicted molar refractivity (Wildman–Crippen MR) is 68.0 cm³/mol. The minimum Gasteiger partial charge on any atom is -0.319 e. The zero-order chi connectivity index (χ0) is 12.4. The Kier molecular flexibility index (Phi) is 3.23. The van der Waals surface area contributed by atoms with E-state index in [0.29, 0.717) is 5.82 Å². The van der Waals surface area contributed by atoms with Gasteiger partial charge in [-0.2, -0.15) is 0 Å². The number of carbonyl (C=O) groups excluding carboxylic acids is 1. The molecule has 6 heteroatoms. The molecule has 1 aromatic heterocycles. The van der Waals surface area contributed by atoms with Crippen molar-refractivity contribution in [1.82, 2.24) is 15.2 Å². The largest absolute Gasteiger partial charge is 0.319 e. The quantitative estimate of drug-likeness (QED) is 0.894. The van der Waals surface area contributed by atoms with E-state index < -0.39 is 0 Å². The summed E-state index contributed by atoms with van der Waals surface area (Å²) in [4.78, 5) is 15.8. The molecule has 1 heterocycles. The van der Waals surface area contributed by atoms with E-state index in [1.54, 1.807) is 6.92 Å². The molecule has 0 aliphatic heterocycles. The first-order valence-electron chi connectivity index (χ1n) is 5.03. The second-order valence-corrected chi connectivity index (χ2v) is 4.57. The lowest BCUT2D eigenvalue weighted by Gasteiger charge is -2.06. The number of H-pyrrole nitrogens is 1. The minimum absolute atomic E-state index is 0.143. The summed E-state index contributed by atoms with van der Waals surface area (Å²) < 4.78 is 0.974. The fourth-order valence-electron chi connectivity index (χ4n) is 1.39. The number of hydrogen-bond acceptors (Lipinski definition) is 3. The highest BCUT2D eigenvalue weighted by atomic mass is 79.9. The Morgan fingerprint density at radius 3 is 2.76 bits per heavy atom. The van der Waals surface area contributed by atoms with Crippen LogP contribution < -0.4 is 5.32 Å². The molecule has 0 spiro atoms. The zero-order valence-corrected chi connectivity index (χ0v) is 11.0. The Morgan fingerprint density at radius 2 is 2.18 bits per heavy atom. The molecule has 2 rings (SSSR count). The summed E-state index contributed by atoms with van der Waals surface area (Å²) in [6.07, 6.45) is 0. The van der Waals surface area contributed by atoms with Crippen LogP contribution in [0.1, 0.15) is 22.0 Å². The monoisotopic (exact) mass is 294 g/mol. The first-order chi connectivity index (χ1) is 8.06. The van der Waals surface area contributed by atoms with Gasteiger partial charge in [0.15, 0.2) is 0 Å². The van der Waals surface area contributed by atoms with Gasteiger partial charge in [0, 0.05) is 10.2 Å². The molecule has 0 aliphatic carbocycles. The van der Waals surface area contributed by atoms with Gasteiger partial charge in [0.25, 0.3) is 5.91 Å². The van der Waals surface area contributed by atoms with Gasteiger partial charge in [0.05, 0.1) is 0 Å². The molecule has 0 saturated carbocycles. The van der Waals surface area contributed by atoms with E-state index in [1.807, 2.05) is 25.1 Å². The fourth-order valence-corrected chi connectivity index (χ4v) is 1.87. The highest BCUT2D eigenvalue weighted by Gasteiger charge is 2.12. The molecule has 0 saturated heterocycles. The number of nitrogens with zero attached hydrogens (tertiary/aromatic N) is 2. The number of halogens is 1. The number of benzene rings is 1. The molecule has 1 amide bonds. The third kappa shape index (κ3) is 2.71. The summed E-state index contributed by atoms with van der Waals surface area (Å²) in [7, 11) is 0. The number of rotatable bonds is 2. The molecule has 0 atom stereocenters. The Balaban J connectivity index is 2.18. The molecule has 0 unspecified atom stereocenters. The van der Waals surface area contributed by atoms with Crippen LogP contribution in [0.2, 0.25) is 0 Å². The third-order valence-electron chi connectivity index (χ3n) is 2.24. The van der Waals surface area contributed by atoms with Crippen LogP contribution in [-0.2, 0) is 0 Å². The summed E-state index contributed by atoms with van der Waals surface area (Å²) in [5, 5.41) is 9.19. The average Bonchev–Trinajstić information content (AvgIpc) is 2.69. The second kappa shape index (κ2) is 4.67. The van der Waals surface area contributed by atoms with Gasteiger partial charge in [-0.1, -0.05) is 15.9 Å². The number of nitrogens with one attached hydrogen (secondary N) is 2. The van der Waals surface area contributed by atoms with Crippen molar-refractivity contribution in [2.45, 2.75) is 13.8 Å². The molecule has 0 fully saturated rings. The Morgan fingerprint density at radius 1 is 1.41 bits per heavy atom. The van der Waals surface area contributed by atoms with Crippen LogP contribution in [0, 0.1) is 13.8 Å². The molecule has 0 aliphatic rings. The van der Waals surface area contributed by atoms with Crippen molar-refractivity contribution in [2.24, 2.45) is 0 Å². The lowest BCUT2D eigenvalue weighted by Crippen LogP contribution is -2.14. The Labute approximate surface area is 107 Å². The van der Waals surface area contributed by atoms with E-state index in [1.165, 1.54) is 0 Å². The maximum absolute atomic E-state index is 11.8. The summed E-state index contributed by atoms with van der Waals surface area (Å²) >= 11 is 3.37. The maximum Gasteiger partial charge on any atom is 0.295 e. The van der Waals surface area contributed by atoms with Gasteiger partial charge in [-0.3, -0.25) is 9.89 Å². The van der Waals surface area contributed by atoms with Gasteiger partial charge in [-0.05, 0) is 37.6 Å². The molecule has 2 N–H and O–H groups in total. The smallest absolute Gasteiger partial charge is 0.295 e. The molecule has 5 nitrogen and oxygen atoms in total. The van der Waals surface area contributed by atoms with Crippen LogP contribution in [0.25, 0.3) is 0 Å². The third-order valence-corrected chi connectivity index (χ3v) is 2.73. The van der Waals surface area contributed by atoms with Crippen molar-refractivity contribution in [3.63, 3.8) is 0 Å². The topological polar surface area (TPSA) is 70.7 Å². The van der Waals surface area contributed by atoms with Crippen molar-refractivity contribution in [3.05, 3.63) is 39.9 Å². The van der Waals surface area contributed by atoms with Gasteiger partial charge < -0.3 is 5.32 Å². The molecule has 1 aromatic carbocycles. The van der Waals surface area contributed by atoms with E-state index in [9.17, 15) is 4.79 Å². The van der Waals surface area contributed by atoms with Crippen molar-refractivity contribution < 1.29 is 4.79 Å². The molecular formula is C11H11BrN4O. The van der Waals surface area contributed by atoms with Crippen LogP contribution in [0.15, 0.2) is 22.7 Å². The fraction of sp³-hybridized carbons (Fsp3) is 0.182. The zero-order valence-electron chi connectivity index (χ0n) is 9.41. The molecule has 0 radical (unpaired) electrons. The maximum atomic E-state index is 11.8. The van der Waals surface area contributed by atoms with Crippen LogP contribution >= 0.6 is 15.9 Å². The Bertz CT molecular complexity index is 564. The highest BCUT2D eigenvalue weighted by molar-refractivity contribution is 9.10. The SMILES string of the molecule is Cc1nc(C(=O)Nc2ccc(Br)cc2C)n[nH]1. The highest BCUT2D eigenvalue weighted by Crippen LogP contribution is 2.20. The van der Waals surface area contributed by atoms with Gasteiger partial charge in [-0.15, -0.1) is 5.10 Å². The van der Waals surface area contributed by atoms with E-state index in [2.05, 4.69) is 36.4 Å². The van der Waals surface area contributed by atoms with Crippen LogP contribution in [0.3, 0.4) is 0 Å². The van der Waals surface area contributed by atoms with E-state index in [-0.39, 0.29) is 11.7 Å². The summed E-state index contributed by atoms with van der Waals surface area (Å²) in [6, 6.07) is 5.63. The van der Waals surface area contributed by atoms with E-state index in [0.717, 1.165) is 15.7 Å². The minimum atomic E-state index is -0.320. The first kappa shape index (κ1) is 11.8. The molecular weight excluding hydrogens is 284 g/mol. The van der Waals surface area contributed by atoms with Gasteiger partial charge >= 0.3 is 0 Å². The number of anilines is 1. The van der Waals surface area contributed by atoms with Gasteiger partial charge in [0.1, 0.15) is 5.82 Å². The van der Waals surface area contributed by atoms with Crippen molar-refractivity contribution in [1.29, 1.82) is 0 Å².